The Hall–Kier alpha value is -6.21. The van der Waals surface area contributed by atoms with E-state index >= 15 is 0 Å². The minimum atomic E-state index is 0.641. The minimum Gasteiger partial charge on any atom is -0.309 e. The summed E-state index contributed by atoms with van der Waals surface area (Å²) in [6, 6.07) is 56.0. The molecule has 0 spiro atoms. The maximum atomic E-state index is 5.32. The summed E-state index contributed by atoms with van der Waals surface area (Å²) >= 11 is 3.60. The maximum absolute atomic E-state index is 5.32. The first-order valence-electron chi connectivity index (χ1n) is 16.9. The Kier molecular flexibility index (Phi) is 6.26. The topological polar surface area (TPSA) is 43.6 Å². The van der Waals surface area contributed by atoms with Crippen molar-refractivity contribution in [3.63, 3.8) is 0 Å². The number of hydrogen-bond acceptors (Lipinski definition) is 5. The van der Waals surface area contributed by atoms with Crippen LogP contribution in [0.2, 0.25) is 0 Å². The molecule has 6 heteroatoms. The van der Waals surface area contributed by atoms with Gasteiger partial charge in [-0.2, -0.15) is 0 Å². The Bertz CT molecular complexity index is 3110. The molecule has 0 aliphatic heterocycles. The van der Waals surface area contributed by atoms with Gasteiger partial charge in [-0.15, -0.1) is 22.7 Å². The van der Waals surface area contributed by atoms with E-state index in [-0.39, 0.29) is 0 Å². The van der Waals surface area contributed by atoms with Crippen LogP contribution in [0.1, 0.15) is 0 Å². The molecular formula is C45H26N4S2. The molecule has 0 aliphatic carbocycles. The zero-order chi connectivity index (χ0) is 33.5. The van der Waals surface area contributed by atoms with Crippen LogP contribution in [-0.2, 0) is 0 Å². The van der Waals surface area contributed by atoms with Crippen LogP contribution in [0, 0.1) is 0 Å². The third-order valence-electron chi connectivity index (χ3n) is 9.88. The van der Waals surface area contributed by atoms with Crippen molar-refractivity contribution >= 4 is 84.8 Å². The van der Waals surface area contributed by atoms with Crippen molar-refractivity contribution in [3.8, 4) is 39.9 Å². The lowest BCUT2D eigenvalue weighted by atomic mass is 10.1. The molecule has 11 rings (SSSR count). The highest BCUT2D eigenvalue weighted by atomic mass is 32.1. The van der Waals surface area contributed by atoms with Gasteiger partial charge in [-0.25, -0.2) is 15.0 Å². The number of fused-ring (bicyclic) bond motifs is 9. The second-order valence-corrected chi connectivity index (χ2v) is 14.9. The zero-order valence-corrected chi connectivity index (χ0v) is 28.7. The van der Waals surface area contributed by atoms with Crippen molar-refractivity contribution in [2.24, 2.45) is 0 Å². The first kappa shape index (κ1) is 28.6. The molecule has 0 atom stereocenters. The molecule has 238 valence electrons. The molecule has 51 heavy (non-hydrogen) atoms. The monoisotopic (exact) mass is 686 g/mol. The molecule has 4 heterocycles. The molecule has 0 saturated carbocycles. The quantitative estimate of drug-likeness (QED) is 0.185. The highest BCUT2D eigenvalue weighted by Crippen LogP contribution is 2.41. The highest BCUT2D eigenvalue weighted by Gasteiger charge is 2.21. The predicted octanol–water partition coefficient (Wildman–Crippen LogP) is 12.7. The molecule has 0 unspecified atom stereocenters. The van der Waals surface area contributed by atoms with Gasteiger partial charge in [0.15, 0.2) is 17.5 Å². The first-order chi connectivity index (χ1) is 25.3. The number of thiophene rings is 2. The molecule has 11 aromatic rings. The van der Waals surface area contributed by atoms with Gasteiger partial charge in [-0.1, -0.05) is 109 Å². The van der Waals surface area contributed by atoms with Gasteiger partial charge in [0.05, 0.1) is 16.7 Å². The van der Waals surface area contributed by atoms with E-state index in [2.05, 4.69) is 162 Å². The standard InChI is InChI=1S/C45H26N4S2/c1-6-19-36-28(12-1)29-13-2-7-20-37(29)49(36)38-21-8-3-16-34(38)44-46-43(27-24-25-32-30-14-4-9-22-39(30)50-41(32)26-27)47-45(48-44)35-18-11-17-33-31-15-5-10-23-40(31)51-42(33)35/h1-26H. The molecule has 7 aromatic carbocycles. The molecule has 4 aromatic heterocycles. The predicted molar refractivity (Wildman–Crippen MR) is 216 cm³/mol. The van der Waals surface area contributed by atoms with Crippen LogP contribution in [-0.4, -0.2) is 19.5 Å². The SMILES string of the molecule is c1ccc(-n2c3ccccc3c3ccccc32)c(-c2nc(-c3ccc4c(c3)sc3ccccc34)nc(-c3cccc4c3sc3ccccc34)n2)c1. The Morgan fingerprint density at radius 1 is 0.373 bits per heavy atom. The van der Waals surface area contributed by atoms with Gasteiger partial charge in [-0.05, 0) is 48.5 Å². The number of hydrogen-bond donors (Lipinski definition) is 0. The number of nitrogens with zero attached hydrogens (tertiary/aromatic N) is 4. The minimum absolute atomic E-state index is 0.641. The molecule has 0 aliphatic rings. The lowest BCUT2D eigenvalue weighted by Crippen LogP contribution is -2.03. The van der Waals surface area contributed by atoms with Crippen LogP contribution in [0.5, 0.6) is 0 Å². The summed E-state index contributed by atoms with van der Waals surface area (Å²) < 4.78 is 7.27. The van der Waals surface area contributed by atoms with E-state index in [0.29, 0.717) is 17.5 Å². The number of para-hydroxylation sites is 3. The van der Waals surface area contributed by atoms with Gasteiger partial charge >= 0.3 is 0 Å². The summed E-state index contributed by atoms with van der Waals surface area (Å²) in [6.45, 7) is 0. The average Bonchev–Trinajstić information content (AvgIpc) is 3.87. The van der Waals surface area contributed by atoms with Gasteiger partial charge in [0, 0.05) is 67.8 Å². The van der Waals surface area contributed by atoms with Gasteiger partial charge < -0.3 is 4.57 Å². The summed E-state index contributed by atoms with van der Waals surface area (Å²) in [5, 5.41) is 7.42. The Morgan fingerprint density at radius 2 is 0.902 bits per heavy atom. The Morgan fingerprint density at radius 3 is 1.67 bits per heavy atom. The van der Waals surface area contributed by atoms with Crippen LogP contribution >= 0.6 is 22.7 Å². The molecule has 0 N–H and O–H groups in total. The van der Waals surface area contributed by atoms with Crippen LogP contribution < -0.4 is 0 Å². The van der Waals surface area contributed by atoms with Gasteiger partial charge in [0.2, 0.25) is 0 Å². The van der Waals surface area contributed by atoms with Gasteiger partial charge in [0.1, 0.15) is 0 Å². The molecular weight excluding hydrogens is 661 g/mol. The second kappa shape index (κ2) is 11.2. The largest absolute Gasteiger partial charge is 0.309 e. The molecule has 0 saturated heterocycles. The first-order valence-corrected chi connectivity index (χ1v) is 18.6. The van der Waals surface area contributed by atoms with Crippen molar-refractivity contribution in [1.29, 1.82) is 0 Å². The zero-order valence-electron chi connectivity index (χ0n) is 27.1. The van der Waals surface area contributed by atoms with E-state index in [1.165, 1.54) is 51.1 Å². The second-order valence-electron chi connectivity index (χ2n) is 12.8. The third kappa shape index (κ3) is 4.40. The Balaban J connectivity index is 1.19. The summed E-state index contributed by atoms with van der Waals surface area (Å²) in [4.78, 5) is 15.9. The van der Waals surface area contributed by atoms with E-state index in [0.717, 1.165) is 33.4 Å². The fourth-order valence-electron chi connectivity index (χ4n) is 7.57. The lowest BCUT2D eigenvalue weighted by Gasteiger charge is -2.14. The maximum Gasteiger partial charge on any atom is 0.166 e. The van der Waals surface area contributed by atoms with Crippen molar-refractivity contribution in [2.75, 3.05) is 0 Å². The summed E-state index contributed by atoms with van der Waals surface area (Å²) in [6.07, 6.45) is 0. The Labute approximate surface area is 300 Å². The molecule has 0 amide bonds. The fraction of sp³-hybridized carbons (Fsp3) is 0. The fourth-order valence-corrected chi connectivity index (χ4v) is 9.93. The van der Waals surface area contributed by atoms with E-state index in [1.54, 1.807) is 22.7 Å². The van der Waals surface area contributed by atoms with Crippen molar-refractivity contribution < 1.29 is 0 Å². The highest BCUT2D eigenvalue weighted by molar-refractivity contribution is 7.26. The van der Waals surface area contributed by atoms with Gasteiger partial charge in [-0.3, -0.25) is 0 Å². The normalized spacial score (nSPS) is 11.9. The molecule has 4 nitrogen and oxygen atoms in total. The van der Waals surface area contributed by atoms with Crippen molar-refractivity contribution in [2.45, 2.75) is 0 Å². The summed E-state index contributed by atoms with van der Waals surface area (Å²) in [7, 11) is 0. The molecule has 0 radical (unpaired) electrons. The van der Waals surface area contributed by atoms with Crippen molar-refractivity contribution in [1.82, 2.24) is 19.5 Å². The van der Waals surface area contributed by atoms with E-state index < -0.39 is 0 Å². The van der Waals surface area contributed by atoms with Crippen LogP contribution in [0.25, 0.3) is 102 Å². The summed E-state index contributed by atoms with van der Waals surface area (Å²) in [5.74, 6) is 1.96. The van der Waals surface area contributed by atoms with Crippen LogP contribution in [0.3, 0.4) is 0 Å². The van der Waals surface area contributed by atoms with Crippen LogP contribution in [0.4, 0.5) is 0 Å². The van der Waals surface area contributed by atoms with Crippen molar-refractivity contribution in [3.05, 3.63) is 158 Å². The summed E-state index contributed by atoms with van der Waals surface area (Å²) in [5.41, 5.74) is 6.24. The lowest BCUT2D eigenvalue weighted by molar-refractivity contribution is 1.07. The van der Waals surface area contributed by atoms with E-state index in [1.807, 2.05) is 0 Å². The third-order valence-corrected chi connectivity index (χ3v) is 12.2. The molecule has 0 bridgehead atoms. The van der Waals surface area contributed by atoms with Gasteiger partial charge in [0.25, 0.3) is 0 Å². The number of benzene rings is 7. The average molecular weight is 687 g/mol. The van der Waals surface area contributed by atoms with E-state index in [9.17, 15) is 0 Å². The molecule has 0 fully saturated rings. The smallest absolute Gasteiger partial charge is 0.166 e. The van der Waals surface area contributed by atoms with Crippen LogP contribution in [0.15, 0.2) is 158 Å². The van der Waals surface area contributed by atoms with E-state index in [4.69, 9.17) is 15.0 Å². The number of rotatable bonds is 4. The number of aromatic nitrogens is 4.